The average Bonchev–Trinajstić information content (AvgIpc) is 2.46. The number of piperazine rings is 1. The fourth-order valence-electron chi connectivity index (χ4n) is 2.88. The highest BCUT2D eigenvalue weighted by Gasteiger charge is 2.16. The summed E-state index contributed by atoms with van der Waals surface area (Å²) in [7, 11) is 0. The Morgan fingerprint density at radius 2 is 2.00 bits per heavy atom. The molecule has 2 heteroatoms. The highest BCUT2D eigenvalue weighted by molar-refractivity contribution is 5.82. The molecule has 2 aromatic rings. The van der Waals surface area contributed by atoms with E-state index in [4.69, 9.17) is 0 Å². The number of fused-ring (bicyclic) bond motifs is 1. The summed E-state index contributed by atoms with van der Waals surface area (Å²) in [5, 5.41) is 6.14. The molecular formula is C17H22N2. The molecule has 0 unspecified atom stereocenters. The summed E-state index contributed by atoms with van der Waals surface area (Å²) >= 11 is 0. The van der Waals surface area contributed by atoms with E-state index in [9.17, 15) is 0 Å². The fraction of sp³-hybridized carbons (Fsp3) is 0.412. The van der Waals surface area contributed by atoms with Gasteiger partial charge in [-0.05, 0) is 29.7 Å². The molecule has 1 heterocycles. The van der Waals surface area contributed by atoms with Crippen LogP contribution in [0, 0.1) is 0 Å². The van der Waals surface area contributed by atoms with Gasteiger partial charge in [-0.25, -0.2) is 0 Å². The largest absolute Gasteiger partial charge is 0.314 e. The van der Waals surface area contributed by atoms with Crippen molar-refractivity contribution >= 4 is 10.8 Å². The second-order valence-corrected chi connectivity index (χ2v) is 5.52. The Bertz CT molecular complexity index is 550. The van der Waals surface area contributed by atoms with Gasteiger partial charge >= 0.3 is 0 Å². The molecule has 1 saturated heterocycles. The number of rotatable bonds is 3. The van der Waals surface area contributed by atoms with Crippen molar-refractivity contribution in [3.8, 4) is 0 Å². The molecule has 19 heavy (non-hydrogen) atoms. The lowest BCUT2D eigenvalue weighted by Gasteiger charge is -2.33. The quantitative estimate of drug-likeness (QED) is 0.906. The van der Waals surface area contributed by atoms with E-state index in [0.29, 0.717) is 6.04 Å². The molecule has 1 aliphatic rings. The first-order valence-corrected chi connectivity index (χ1v) is 7.25. The van der Waals surface area contributed by atoms with Gasteiger partial charge in [-0.15, -0.1) is 0 Å². The normalized spacial score (nSPS) is 20.8. The Morgan fingerprint density at radius 1 is 1.16 bits per heavy atom. The highest BCUT2D eigenvalue weighted by atomic mass is 15.2. The zero-order valence-electron chi connectivity index (χ0n) is 11.6. The summed E-state index contributed by atoms with van der Waals surface area (Å²) < 4.78 is 0. The summed E-state index contributed by atoms with van der Waals surface area (Å²) in [6.07, 6.45) is 1.15. The molecule has 0 aromatic heterocycles. The van der Waals surface area contributed by atoms with Crippen molar-refractivity contribution in [3.05, 3.63) is 48.0 Å². The van der Waals surface area contributed by atoms with Crippen LogP contribution in [0.4, 0.5) is 0 Å². The van der Waals surface area contributed by atoms with Gasteiger partial charge in [0.15, 0.2) is 0 Å². The Hall–Kier alpha value is -1.38. The molecular weight excluding hydrogens is 232 g/mol. The monoisotopic (exact) mass is 254 g/mol. The summed E-state index contributed by atoms with van der Waals surface area (Å²) in [6, 6.07) is 16.1. The van der Waals surface area contributed by atoms with Crippen LogP contribution in [0.1, 0.15) is 12.5 Å². The third kappa shape index (κ3) is 2.96. The number of hydrogen-bond donors (Lipinski definition) is 1. The summed E-state index contributed by atoms with van der Waals surface area (Å²) in [4.78, 5) is 2.59. The van der Waals surface area contributed by atoms with E-state index in [1.807, 2.05) is 0 Å². The second-order valence-electron chi connectivity index (χ2n) is 5.52. The molecule has 0 amide bonds. The summed E-state index contributed by atoms with van der Waals surface area (Å²) in [6.45, 7) is 6.91. The van der Waals surface area contributed by atoms with Crippen LogP contribution in [-0.4, -0.2) is 37.1 Å². The Kier molecular flexibility index (Phi) is 3.81. The van der Waals surface area contributed by atoms with Gasteiger partial charge < -0.3 is 5.32 Å². The topological polar surface area (TPSA) is 15.3 Å². The maximum absolute atomic E-state index is 3.45. The summed E-state index contributed by atoms with van der Waals surface area (Å²) in [5.41, 5.74) is 1.45. The molecule has 1 atom stereocenters. The lowest BCUT2D eigenvalue weighted by molar-refractivity contribution is 0.176. The van der Waals surface area contributed by atoms with E-state index in [1.54, 1.807) is 0 Å². The lowest BCUT2D eigenvalue weighted by Crippen LogP contribution is -2.50. The van der Waals surface area contributed by atoms with Crippen LogP contribution < -0.4 is 5.32 Å². The van der Waals surface area contributed by atoms with Gasteiger partial charge in [0.25, 0.3) is 0 Å². The van der Waals surface area contributed by atoms with Crippen molar-refractivity contribution in [1.82, 2.24) is 10.2 Å². The minimum absolute atomic E-state index is 0.661. The molecule has 0 aliphatic carbocycles. The van der Waals surface area contributed by atoms with Gasteiger partial charge in [0.1, 0.15) is 0 Å². The molecule has 0 bridgehead atoms. The van der Waals surface area contributed by atoms with E-state index < -0.39 is 0 Å². The SMILES string of the molecule is C[C@@H]1CNCCN1CCc1ccc2ccccc2c1. The molecule has 1 aliphatic heterocycles. The van der Waals surface area contributed by atoms with Crippen LogP contribution in [0.5, 0.6) is 0 Å². The average molecular weight is 254 g/mol. The standard InChI is InChI=1S/C17H22N2/c1-14-13-18-9-11-19(14)10-8-15-6-7-16-4-2-3-5-17(16)12-15/h2-7,12,14,18H,8-11,13H2,1H3/t14-/m1/s1. The number of benzene rings is 2. The van der Waals surface area contributed by atoms with Crippen LogP contribution in [0.25, 0.3) is 10.8 Å². The van der Waals surface area contributed by atoms with Crippen molar-refractivity contribution in [1.29, 1.82) is 0 Å². The molecule has 2 aromatic carbocycles. The van der Waals surface area contributed by atoms with Crippen molar-refractivity contribution in [2.24, 2.45) is 0 Å². The van der Waals surface area contributed by atoms with Crippen molar-refractivity contribution < 1.29 is 0 Å². The maximum Gasteiger partial charge on any atom is 0.0193 e. The van der Waals surface area contributed by atoms with Gasteiger partial charge in [-0.3, -0.25) is 4.90 Å². The van der Waals surface area contributed by atoms with Gasteiger partial charge in [0.05, 0.1) is 0 Å². The third-order valence-corrected chi connectivity index (χ3v) is 4.14. The molecule has 100 valence electrons. The second kappa shape index (κ2) is 5.72. The number of nitrogens with one attached hydrogen (secondary N) is 1. The maximum atomic E-state index is 3.45. The van der Waals surface area contributed by atoms with Crippen LogP contribution in [0.3, 0.4) is 0 Å². The zero-order valence-corrected chi connectivity index (χ0v) is 11.6. The predicted octanol–water partition coefficient (Wildman–Crippen LogP) is 2.68. The number of hydrogen-bond acceptors (Lipinski definition) is 2. The molecule has 3 rings (SSSR count). The first-order chi connectivity index (χ1) is 9.33. The van der Waals surface area contributed by atoms with Crippen LogP contribution in [0.15, 0.2) is 42.5 Å². The summed E-state index contributed by atoms with van der Waals surface area (Å²) in [5.74, 6) is 0. The Balaban J connectivity index is 1.67. The third-order valence-electron chi connectivity index (χ3n) is 4.14. The van der Waals surface area contributed by atoms with Gasteiger partial charge in [0.2, 0.25) is 0 Å². The predicted molar refractivity (Wildman–Crippen MR) is 81.6 cm³/mol. The first kappa shape index (κ1) is 12.6. The highest BCUT2D eigenvalue weighted by Crippen LogP contribution is 2.16. The zero-order chi connectivity index (χ0) is 13.1. The van der Waals surface area contributed by atoms with E-state index in [2.05, 4.69) is 59.6 Å². The molecule has 0 spiro atoms. The first-order valence-electron chi connectivity index (χ1n) is 7.25. The van der Waals surface area contributed by atoms with Crippen LogP contribution >= 0.6 is 0 Å². The lowest BCUT2D eigenvalue weighted by atomic mass is 10.0. The molecule has 0 radical (unpaired) electrons. The minimum atomic E-state index is 0.661. The van der Waals surface area contributed by atoms with E-state index in [1.165, 1.54) is 29.4 Å². The fourth-order valence-corrected chi connectivity index (χ4v) is 2.88. The van der Waals surface area contributed by atoms with Crippen molar-refractivity contribution in [3.63, 3.8) is 0 Å². The molecule has 1 N–H and O–H groups in total. The van der Waals surface area contributed by atoms with E-state index in [-0.39, 0.29) is 0 Å². The molecule has 0 saturated carbocycles. The number of nitrogens with zero attached hydrogens (tertiary/aromatic N) is 1. The van der Waals surface area contributed by atoms with Crippen molar-refractivity contribution in [2.45, 2.75) is 19.4 Å². The van der Waals surface area contributed by atoms with Crippen LogP contribution in [-0.2, 0) is 6.42 Å². The van der Waals surface area contributed by atoms with E-state index in [0.717, 1.165) is 19.5 Å². The van der Waals surface area contributed by atoms with Gasteiger partial charge in [-0.1, -0.05) is 42.5 Å². The van der Waals surface area contributed by atoms with Crippen molar-refractivity contribution in [2.75, 3.05) is 26.2 Å². The van der Waals surface area contributed by atoms with Gasteiger partial charge in [0, 0.05) is 32.2 Å². The van der Waals surface area contributed by atoms with Crippen LogP contribution in [0.2, 0.25) is 0 Å². The Morgan fingerprint density at radius 3 is 2.84 bits per heavy atom. The smallest absolute Gasteiger partial charge is 0.0193 e. The Labute approximate surface area is 115 Å². The molecule has 1 fully saturated rings. The van der Waals surface area contributed by atoms with Gasteiger partial charge in [-0.2, -0.15) is 0 Å². The van der Waals surface area contributed by atoms with E-state index >= 15 is 0 Å². The minimum Gasteiger partial charge on any atom is -0.314 e. The molecule has 2 nitrogen and oxygen atoms in total.